The first-order valence-electron chi connectivity index (χ1n) is 13.0. The smallest absolute Gasteiger partial charge is 0.324 e. The number of nitrogens with one attached hydrogen (secondary N) is 1. The van der Waals surface area contributed by atoms with Crippen LogP contribution < -0.4 is 10.2 Å². The molecule has 1 aliphatic carbocycles. The van der Waals surface area contributed by atoms with Crippen LogP contribution in [-0.4, -0.2) is 41.5 Å². The molecule has 1 aliphatic rings. The van der Waals surface area contributed by atoms with Gasteiger partial charge in [0, 0.05) is 49.0 Å². The summed E-state index contributed by atoms with van der Waals surface area (Å²) in [6.45, 7) is 4.53. The summed E-state index contributed by atoms with van der Waals surface area (Å²) in [5, 5.41) is 2.96. The number of urea groups is 1. The molecule has 1 saturated carbocycles. The lowest BCUT2D eigenvalue weighted by Gasteiger charge is -2.37. The second-order valence-electron chi connectivity index (χ2n) is 9.94. The van der Waals surface area contributed by atoms with Gasteiger partial charge in [-0.05, 0) is 93.5 Å². The maximum absolute atomic E-state index is 13.8. The minimum Gasteiger partial charge on any atom is -0.324 e. The molecule has 3 aromatic rings. The van der Waals surface area contributed by atoms with Crippen molar-refractivity contribution in [2.45, 2.75) is 51.5 Å². The molecule has 0 saturated heterocycles. The molecule has 4 rings (SSSR count). The van der Waals surface area contributed by atoms with Crippen LogP contribution in [0.2, 0.25) is 0 Å². The summed E-state index contributed by atoms with van der Waals surface area (Å²) in [7, 11) is 1.91. The van der Waals surface area contributed by atoms with E-state index >= 15 is 0 Å². The number of amides is 3. The Morgan fingerprint density at radius 2 is 1.65 bits per heavy atom. The number of benzene rings is 2. The average molecular weight is 497 g/mol. The van der Waals surface area contributed by atoms with Gasteiger partial charge in [0.25, 0.3) is 5.91 Å². The summed E-state index contributed by atoms with van der Waals surface area (Å²) in [6.07, 6.45) is 9.82. The van der Waals surface area contributed by atoms with Gasteiger partial charge in [0.15, 0.2) is 0 Å². The van der Waals surface area contributed by atoms with Crippen molar-refractivity contribution >= 4 is 23.3 Å². The summed E-state index contributed by atoms with van der Waals surface area (Å²) in [6, 6.07) is 21.0. The van der Waals surface area contributed by atoms with Crippen molar-refractivity contribution in [1.82, 2.24) is 9.88 Å². The first-order valence-corrected chi connectivity index (χ1v) is 13.0. The van der Waals surface area contributed by atoms with E-state index in [2.05, 4.69) is 28.5 Å². The largest absolute Gasteiger partial charge is 0.324 e. The van der Waals surface area contributed by atoms with E-state index in [9.17, 15) is 9.59 Å². The summed E-state index contributed by atoms with van der Waals surface area (Å²) in [4.78, 5) is 34.3. The van der Waals surface area contributed by atoms with Crippen molar-refractivity contribution < 1.29 is 9.59 Å². The summed E-state index contributed by atoms with van der Waals surface area (Å²) in [5.74, 6) is 0.345. The molecule has 1 fully saturated rings. The molecule has 0 bridgehead atoms. The number of hydrogen-bond donors (Lipinski definition) is 1. The Morgan fingerprint density at radius 3 is 2.32 bits per heavy atom. The van der Waals surface area contributed by atoms with Crippen LogP contribution in [0.1, 0.15) is 61.4 Å². The molecule has 1 aromatic heterocycles. The highest BCUT2D eigenvalue weighted by Crippen LogP contribution is 2.35. The van der Waals surface area contributed by atoms with Gasteiger partial charge in [-0.1, -0.05) is 35.9 Å². The zero-order valence-electron chi connectivity index (χ0n) is 21.9. The van der Waals surface area contributed by atoms with Crippen molar-refractivity contribution in [1.29, 1.82) is 0 Å². The number of anilines is 2. The Bertz CT molecular complexity index is 1210. The predicted molar refractivity (Wildman–Crippen MR) is 150 cm³/mol. The zero-order chi connectivity index (χ0) is 26.2. The van der Waals surface area contributed by atoms with Crippen LogP contribution in [0, 0.1) is 0 Å². The third-order valence-corrected chi connectivity index (χ3v) is 7.09. The fourth-order valence-electron chi connectivity index (χ4n) is 4.89. The molecule has 0 spiro atoms. The Labute approximate surface area is 220 Å². The zero-order valence-corrected chi connectivity index (χ0v) is 21.9. The third kappa shape index (κ3) is 6.85. The first-order chi connectivity index (χ1) is 17.9. The monoisotopic (exact) mass is 496 g/mol. The molecule has 1 N–H and O–H groups in total. The van der Waals surface area contributed by atoms with Crippen LogP contribution in [0.25, 0.3) is 0 Å². The summed E-state index contributed by atoms with van der Waals surface area (Å²) < 4.78 is 0. The van der Waals surface area contributed by atoms with E-state index in [-0.39, 0.29) is 18.0 Å². The molecule has 2 aromatic carbocycles. The van der Waals surface area contributed by atoms with Gasteiger partial charge in [-0.3, -0.25) is 14.7 Å². The number of carbonyl (C=O) groups excluding carboxylic acids is 2. The second-order valence-corrected chi connectivity index (χ2v) is 9.94. The maximum atomic E-state index is 13.8. The molecule has 6 nitrogen and oxygen atoms in total. The van der Waals surface area contributed by atoms with Crippen molar-refractivity contribution in [2.75, 3.05) is 23.8 Å². The van der Waals surface area contributed by atoms with Gasteiger partial charge in [-0.2, -0.15) is 0 Å². The van der Waals surface area contributed by atoms with Gasteiger partial charge in [-0.15, -0.1) is 0 Å². The van der Waals surface area contributed by atoms with Crippen LogP contribution in [0.3, 0.4) is 0 Å². The molecular formula is C31H36N4O2. The van der Waals surface area contributed by atoms with E-state index in [1.807, 2.05) is 80.7 Å². The minimum atomic E-state index is -0.178. The van der Waals surface area contributed by atoms with Gasteiger partial charge in [0.05, 0.1) is 0 Å². The summed E-state index contributed by atoms with van der Waals surface area (Å²) >= 11 is 0. The lowest BCUT2D eigenvalue weighted by Crippen LogP contribution is -2.47. The van der Waals surface area contributed by atoms with Gasteiger partial charge in [0.2, 0.25) is 0 Å². The van der Waals surface area contributed by atoms with Crippen LogP contribution in [0.15, 0.2) is 90.8 Å². The Kier molecular flexibility index (Phi) is 8.72. The molecule has 6 heteroatoms. The molecular weight excluding hydrogens is 460 g/mol. The number of carbonyl (C=O) groups is 2. The number of nitrogens with zero attached hydrogens (tertiary/aromatic N) is 3. The topological polar surface area (TPSA) is 65.5 Å². The number of rotatable bonds is 7. The quantitative estimate of drug-likeness (QED) is 0.362. The SMILES string of the molecule is CC(C)=CCN(C(=O)N(C)[C@H]1CC[C@H](c2ccncc2)CC1)c1cccc(NC(=O)c2ccccc2)c1. The average Bonchev–Trinajstić information content (AvgIpc) is 2.94. The van der Waals surface area contributed by atoms with E-state index in [0.29, 0.717) is 23.7 Å². The number of hydrogen-bond acceptors (Lipinski definition) is 3. The fraction of sp³-hybridized carbons (Fsp3) is 0.323. The van der Waals surface area contributed by atoms with Crippen molar-refractivity contribution in [2.24, 2.45) is 0 Å². The van der Waals surface area contributed by atoms with Gasteiger partial charge >= 0.3 is 6.03 Å². The standard InChI is InChI=1S/C31H36N4O2/c1-23(2)18-21-35(29-11-7-10-27(22-29)33-30(36)26-8-5-4-6-9-26)31(37)34(3)28-14-12-24(13-15-28)25-16-19-32-20-17-25/h4-11,16-20,22,24,28H,12-15,21H2,1-3H3,(H,33,36)/t24-,28-. The van der Waals surface area contributed by atoms with E-state index in [0.717, 1.165) is 36.9 Å². The molecule has 0 radical (unpaired) electrons. The molecule has 0 atom stereocenters. The van der Waals surface area contributed by atoms with Gasteiger partial charge in [-0.25, -0.2) is 4.79 Å². The highest BCUT2D eigenvalue weighted by atomic mass is 16.2. The minimum absolute atomic E-state index is 0.0311. The molecule has 3 amide bonds. The van der Waals surface area contributed by atoms with Crippen LogP contribution in [0.5, 0.6) is 0 Å². The van der Waals surface area contributed by atoms with Crippen molar-refractivity contribution in [3.8, 4) is 0 Å². The second kappa shape index (κ2) is 12.3. The molecule has 0 aliphatic heterocycles. The Balaban J connectivity index is 1.48. The van der Waals surface area contributed by atoms with E-state index in [1.165, 1.54) is 5.56 Å². The van der Waals surface area contributed by atoms with E-state index in [1.54, 1.807) is 17.0 Å². The van der Waals surface area contributed by atoms with E-state index < -0.39 is 0 Å². The Hall–Kier alpha value is -3.93. The normalized spacial score (nSPS) is 16.9. The highest BCUT2D eigenvalue weighted by Gasteiger charge is 2.30. The maximum Gasteiger partial charge on any atom is 0.324 e. The first kappa shape index (κ1) is 26.1. The molecule has 192 valence electrons. The number of pyridine rings is 1. The van der Waals surface area contributed by atoms with Crippen LogP contribution >= 0.6 is 0 Å². The third-order valence-electron chi connectivity index (χ3n) is 7.09. The van der Waals surface area contributed by atoms with Gasteiger partial charge in [0.1, 0.15) is 0 Å². The van der Waals surface area contributed by atoms with Crippen LogP contribution in [0.4, 0.5) is 16.2 Å². The van der Waals surface area contributed by atoms with Crippen molar-refractivity contribution in [3.05, 3.63) is 102 Å². The summed E-state index contributed by atoms with van der Waals surface area (Å²) in [5.41, 5.74) is 4.48. The van der Waals surface area contributed by atoms with Crippen LogP contribution in [-0.2, 0) is 0 Å². The predicted octanol–water partition coefficient (Wildman–Crippen LogP) is 6.88. The van der Waals surface area contributed by atoms with Gasteiger partial charge < -0.3 is 10.2 Å². The van der Waals surface area contributed by atoms with E-state index in [4.69, 9.17) is 0 Å². The molecule has 0 unspecified atom stereocenters. The lowest BCUT2D eigenvalue weighted by atomic mass is 9.81. The number of allylic oxidation sites excluding steroid dienone is 1. The lowest BCUT2D eigenvalue weighted by molar-refractivity contribution is 0.102. The van der Waals surface area contributed by atoms with Crippen molar-refractivity contribution in [3.63, 3.8) is 0 Å². The fourth-order valence-corrected chi connectivity index (χ4v) is 4.89. The Morgan fingerprint density at radius 1 is 0.946 bits per heavy atom. The number of aromatic nitrogens is 1. The molecule has 1 heterocycles. The molecule has 37 heavy (non-hydrogen) atoms. The highest BCUT2D eigenvalue weighted by molar-refractivity contribution is 6.04.